The van der Waals surface area contributed by atoms with Crippen molar-refractivity contribution in [3.8, 4) is 0 Å². The topological polar surface area (TPSA) is 120 Å². The normalized spacial score (nSPS) is 35.9. The maximum absolute atomic E-state index is 14.2. The minimum absolute atomic E-state index is 0.0354. The summed E-state index contributed by atoms with van der Waals surface area (Å²) in [4.78, 5) is 45.1. The molecule has 2 bridgehead atoms. The lowest BCUT2D eigenvalue weighted by atomic mass is 9.62. The van der Waals surface area contributed by atoms with Gasteiger partial charge in [-0.2, -0.15) is 0 Å². The highest BCUT2D eigenvalue weighted by atomic mass is 16.5. The molecule has 5 rings (SSSR count). The zero-order chi connectivity index (χ0) is 26.4. The molecule has 0 aliphatic carbocycles. The Bertz CT molecular complexity index is 1030. The summed E-state index contributed by atoms with van der Waals surface area (Å²) in [7, 11) is 1.56. The molecule has 0 saturated carbocycles. The number of likely N-dealkylation sites (tertiary alicyclic amines) is 1. The van der Waals surface area contributed by atoms with Gasteiger partial charge in [-0.15, -0.1) is 0 Å². The molecule has 202 valence electrons. The van der Waals surface area contributed by atoms with Crippen molar-refractivity contribution in [2.24, 2.45) is 17.8 Å². The number of rotatable bonds is 8. The minimum Gasteiger partial charge on any atom is -0.394 e. The van der Waals surface area contributed by atoms with Crippen molar-refractivity contribution in [2.75, 3.05) is 53.0 Å². The summed E-state index contributed by atoms with van der Waals surface area (Å²) in [6.45, 7) is 7.59. The van der Waals surface area contributed by atoms with Gasteiger partial charge in [0, 0.05) is 33.2 Å². The first kappa shape index (κ1) is 26.1. The molecular formula is C27H38N4O6. The van der Waals surface area contributed by atoms with Crippen LogP contribution in [0.3, 0.4) is 0 Å². The number of carbonyl (C=O) groups is 3. The summed E-state index contributed by atoms with van der Waals surface area (Å²) in [6, 6.07) is 7.52. The van der Waals surface area contributed by atoms with Crippen LogP contribution in [0.15, 0.2) is 30.3 Å². The predicted octanol–water partition coefficient (Wildman–Crippen LogP) is -0.0749. The van der Waals surface area contributed by atoms with Crippen LogP contribution in [0.2, 0.25) is 0 Å². The maximum atomic E-state index is 14.2. The van der Waals surface area contributed by atoms with E-state index in [4.69, 9.17) is 9.47 Å². The van der Waals surface area contributed by atoms with Crippen molar-refractivity contribution in [3.63, 3.8) is 0 Å². The van der Waals surface area contributed by atoms with Crippen LogP contribution in [-0.4, -0.2) is 103 Å². The molecule has 1 aromatic carbocycles. The Balaban J connectivity index is 1.50. The van der Waals surface area contributed by atoms with Crippen molar-refractivity contribution in [1.82, 2.24) is 20.4 Å². The van der Waals surface area contributed by atoms with Gasteiger partial charge < -0.3 is 30.1 Å². The molecule has 0 aromatic heterocycles. The quantitative estimate of drug-likeness (QED) is 0.444. The molecule has 10 heteroatoms. The average molecular weight is 515 g/mol. The molecule has 3 N–H and O–H groups in total. The molecule has 0 radical (unpaired) electrons. The molecule has 4 saturated heterocycles. The van der Waals surface area contributed by atoms with E-state index in [9.17, 15) is 19.5 Å². The second-order valence-corrected chi connectivity index (χ2v) is 10.9. The molecule has 37 heavy (non-hydrogen) atoms. The molecule has 10 nitrogen and oxygen atoms in total. The van der Waals surface area contributed by atoms with E-state index in [1.807, 2.05) is 44.2 Å². The van der Waals surface area contributed by atoms with Crippen LogP contribution in [0.4, 0.5) is 0 Å². The zero-order valence-corrected chi connectivity index (χ0v) is 21.8. The summed E-state index contributed by atoms with van der Waals surface area (Å²) in [6.07, 6.45) is 0.485. The number of hydrogen-bond donors (Lipinski definition) is 3. The van der Waals surface area contributed by atoms with Crippen LogP contribution < -0.4 is 10.6 Å². The number of aliphatic hydroxyl groups excluding tert-OH is 1. The van der Waals surface area contributed by atoms with Gasteiger partial charge in [0.25, 0.3) is 0 Å². The number of nitrogens with one attached hydrogen (secondary N) is 2. The Morgan fingerprint density at radius 3 is 2.54 bits per heavy atom. The number of carbonyl (C=O) groups excluding carboxylic acids is 3. The number of aliphatic hydroxyl groups is 1. The number of morpholine rings is 1. The number of benzene rings is 1. The fourth-order valence-electron chi connectivity index (χ4n) is 7.16. The fraction of sp³-hybridized carbons (Fsp3) is 0.667. The molecule has 4 heterocycles. The standard InChI is InChI=1S/C27H38N4O6/c1-17-15-27-21(20(23(33)28-3)26(17,2)37-27)25(35)31(19(16-32)18-7-5-4-6-8-18)22(27)24(34)29-9-10-30-11-13-36-14-12-30/h4-8,17,19-22,32H,9-16H2,1-3H3,(H,28,33)(H,29,34)/t17?,19-,20-,21+,22?,26+,27?/m1/s1. The maximum Gasteiger partial charge on any atom is 0.245 e. The molecular weight excluding hydrogens is 476 g/mol. The average Bonchev–Trinajstić information content (AvgIpc) is 3.42. The third-order valence-electron chi connectivity index (χ3n) is 9.05. The van der Waals surface area contributed by atoms with Crippen molar-refractivity contribution >= 4 is 17.7 Å². The summed E-state index contributed by atoms with van der Waals surface area (Å²) >= 11 is 0. The van der Waals surface area contributed by atoms with Crippen LogP contribution in [0, 0.1) is 17.8 Å². The van der Waals surface area contributed by atoms with Gasteiger partial charge in [0.05, 0.1) is 43.3 Å². The lowest BCUT2D eigenvalue weighted by Crippen LogP contribution is -2.57. The Kier molecular flexibility index (Phi) is 7.04. The number of fused-ring (bicyclic) bond motifs is 1. The van der Waals surface area contributed by atoms with Crippen LogP contribution in [0.5, 0.6) is 0 Å². The molecule has 4 fully saturated rings. The van der Waals surface area contributed by atoms with Gasteiger partial charge in [0.2, 0.25) is 17.7 Å². The third kappa shape index (κ3) is 4.05. The molecule has 1 aromatic rings. The molecule has 7 atom stereocenters. The van der Waals surface area contributed by atoms with E-state index in [0.29, 0.717) is 32.7 Å². The van der Waals surface area contributed by atoms with E-state index in [0.717, 1.165) is 18.7 Å². The first-order valence-corrected chi connectivity index (χ1v) is 13.3. The van der Waals surface area contributed by atoms with E-state index < -0.39 is 35.1 Å². The van der Waals surface area contributed by atoms with Crippen molar-refractivity contribution < 1.29 is 29.0 Å². The van der Waals surface area contributed by atoms with Gasteiger partial charge in [-0.3, -0.25) is 19.3 Å². The second kappa shape index (κ2) is 9.98. The number of nitrogens with zero attached hydrogens (tertiary/aromatic N) is 2. The van der Waals surface area contributed by atoms with Crippen LogP contribution in [-0.2, 0) is 23.9 Å². The van der Waals surface area contributed by atoms with Crippen molar-refractivity contribution in [3.05, 3.63) is 35.9 Å². The smallest absolute Gasteiger partial charge is 0.245 e. The lowest BCUT2D eigenvalue weighted by Gasteiger charge is -2.37. The monoisotopic (exact) mass is 514 g/mol. The van der Waals surface area contributed by atoms with Crippen molar-refractivity contribution in [2.45, 2.75) is 43.6 Å². The first-order chi connectivity index (χ1) is 17.8. The van der Waals surface area contributed by atoms with Gasteiger partial charge >= 0.3 is 0 Å². The second-order valence-electron chi connectivity index (χ2n) is 10.9. The predicted molar refractivity (Wildman–Crippen MR) is 134 cm³/mol. The van der Waals surface area contributed by atoms with E-state index in [1.165, 1.54) is 4.90 Å². The Hall–Kier alpha value is -2.53. The van der Waals surface area contributed by atoms with Gasteiger partial charge in [0.15, 0.2) is 0 Å². The third-order valence-corrected chi connectivity index (χ3v) is 9.05. The minimum atomic E-state index is -1.15. The Labute approximate surface area is 217 Å². The van der Waals surface area contributed by atoms with Crippen molar-refractivity contribution in [1.29, 1.82) is 0 Å². The Morgan fingerprint density at radius 1 is 1.19 bits per heavy atom. The van der Waals surface area contributed by atoms with Crippen LogP contribution in [0.1, 0.15) is 31.9 Å². The van der Waals surface area contributed by atoms with Gasteiger partial charge in [-0.25, -0.2) is 0 Å². The summed E-state index contributed by atoms with van der Waals surface area (Å²) in [5.74, 6) is -2.46. The fourth-order valence-corrected chi connectivity index (χ4v) is 7.16. The zero-order valence-electron chi connectivity index (χ0n) is 21.8. The number of hydrogen-bond acceptors (Lipinski definition) is 7. The van der Waals surface area contributed by atoms with E-state index >= 15 is 0 Å². The van der Waals surface area contributed by atoms with E-state index in [-0.39, 0.29) is 30.2 Å². The molecule has 3 amide bonds. The summed E-state index contributed by atoms with van der Waals surface area (Å²) < 4.78 is 12.1. The first-order valence-electron chi connectivity index (χ1n) is 13.3. The number of amides is 3. The molecule has 4 aliphatic rings. The summed E-state index contributed by atoms with van der Waals surface area (Å²) in [5.41, 5.74) is -1.28. The highest BCUT2D eigenvalue weighted by Gasteiger charge is 2.80. The molecule has 1 spiro atoms. The molecule has 3 unspecified atom stereocenters. The van der Waals surface area contributed by atoms with E-state index in [2.05, 4.69) is 15.5 Å². The highest BCUT2D eigenvalue weighted by Crippen LogP contribution is 2.65. The Morgan fingerprint density at radius 2 is 1.89 bits per heavy atom. The van der Waals surface area contributed by atoms with Gasteiger partial charge in [0.1, 0.15) is 11.6 Å². The number of ether oxygens (including phenoxy) is 2. The van der Waals surface area contributed by atoms with E-state index in [1.54, 1.807) is 7.05 Å². The van der Waals surface area contributed by atoms with Crippen LogP contribution in [0.25, 0.3) is 0 Å². The summed E-state index contributed by atoms with van der Waals surface area (Å²) in [5, 5.41) is 16.3. The largest absolute Gasteiger partial charge is 0.394 e. The van der Waals surface area contributed by atoms with Crippen LogP contribution >= 0.6 is 0 Å². The highest BCUT2D eigenvalue weighted by molar-refractivity contribution is 5.99. The van der Waals surface area contributed by atoms with Gasteiger partial charge in [-0.05, 0) is 24.8 Å². The van der Waals surface area contributed by atoms with Gasteiger partial charge in [-0.1, -0.05) is 37.3 Å². The molecule has 4 aliphatic heterocycles. The lowest BCUT2D eigenvalue weighted by molar-refractivity contribution is -0.151. The SMILES string of the molecule is CNC(=O)[C@H]1[C@H]2C(=O)N([C@H](CO)c3ccccc3)C(C(=O)NCCN3CCOCC3)C23CC(C)[C@]1(C)O3.